The number of benzene rings is 1. The van der Waals surface area contributed by atoms with Gasteiger partial charge < -0.3 is 10.5 Å². The Hall–Kier alpha value is -1.02. The maximum Gasteiger partial charge on any atom is 0.119 e. The molecule has 2 atom stereocenters. The molecule has 2 nitrogen and oxygen atoms in total. The van der Waals surface area contributed by atoms with Gasteiger partial charge in [0, 0.05) is 6.04 Å². The highest BCUT2D eigenvalue weighted by Gasteiger charge is 2.13. The Kier molecular flexibility index (Phi) is 4.63. The van der Waals surface area contributed by atoms with Gasteiger partial charge in [-0.15, -0.1) is 0 Å². The van der Waals surface area contributed by atoms with E-state index in [0.717, 1.165) is 17.7 Å². The summed E-state index contributed by atoms with van der Waals surface area (Å²) in [6.07, 6.45) is 1.10. The van der Waals surface area contributed by atoms with Crippen LogP contribution in [0.25, 0.3) is 0 Å². The van der Waals surface area contributed by atoms with Crippen LogP contribution in [0, 0.1) is 5.92 Å². The molecule has 0 bridgehead atoms. The monoisotopic (exact) mass is 207 g/mol. The van der Waals surface area contributed by atoms with Gasteiger partial charge in [0.05, 0.1) is 6.61 Å². The number of ether oxygens (including phenoxy) is 1. The molecular formula is C13H21NO. The van der Waals surface area contributed by atoms with Crippen LogP contribution in [-0.2, 0) is 0 Å². The van der Waals surface area contributed by atoms with Gasteiger partial charge in [-0.25, -0.2) is 0 Å². The van der Waals surface area contributed by atoms with Gasteiger partial charge in [-0.1, -0.05) is 32.4 Å². The van der Waals surface area contributed by atoms with Crippen molar-refractivity contribution in [1.82, 2.24) is 0 Å². The van der Waals surface area contributed by atoms with E-state index in [1.165, 1.54) is 0 Å². The molecule has 1 aromatic rings. The number of rotatable bonds is 5. The van der Waals surface area contributed by atoms with E-state index in [1.807, 2.05) is 25.1 Å². The molecule has 2 N–H and O–H groups in total. The SMILES string of the molecule is CCOc1cccc([C@@H](N)C(C)CC)c1. The minimum atomic E-state index is 0.107. The Morgan fingerprint density at radius 3 is 2.67 bits per heavy atom. The minimum Gasteiger partial charge on any atom is -0.494 e. The summed E-state index contributed by atoms with van der Waals surface area (Å²) in [4.78, 5) is 0. The van der Waals surface area contributed by atoms with E-state index in [-0.39, 0.29) is 6.04 Å². The van der Waals surface area contributed by atoms with Crippen LogP contribution in [0.5, 0.6) is 5.75 Å². The third-order valence-corrected chi connectivity index (χ3v) is 2.81. The van der Waals surface area contributed by atoms with Crippen molar-refractivity contribution in [2.24, 2.45) is 11.7 Å². The van der Waals surface area contributed by atoms with Gasteiger partial charge in [0.1, 0.15) is 5.75 Å². The lowest BCUT2D eigenvalue weighted by Crippen LogP contribution is -2.18. The molecule has 1 aromatic carbocycles. The predicted octanol–water partition coefficient (Wildman–Crippen LogP) is 3.13. The van der Waals surface area contributed by atoms with E-state index < -0.39 is 0 Å². The normalized spacial score (nSPS) is 14.7. The maximum atomic E-state index is 6.16. The number of nitrogens with two attached hydrogens (primary N) is 1. The van der Waals surface area contributed by atoms with Crippen molar-refractivity contribution in [1.29, 1.82) is 0 Å². The van der Waals surface area contributed by atoms with Crippen molar-refractivity contribution < 1.29 is 4.74 Å². The molecule has 0 heterocycles. The Bertz CT molecular complexity index is 298. The zero-order valence-electron chi connectivity index (χ0n) is 9.86. The number of hydrogen-bond donors (Lipinski definition) is 1. The van der Waals surface area contributed by atoms with E-state index in [9.17, 15) is 0 Å². The van der Waals surface area contributed by atoms with Crippen LogP contribution in [0.2, 0.25) is 0 Å². The summed E-state index contributed by atoms with van der Waals surface area (Å²) < 4.78 is 5.45. The highest BCUT2D eigenvalue weighted by atomic mass is 16.5. The summed E-state index contributed by atoms with van der Waals surface area (Å²) in [6, 6.07) is 8.19. The van der Waals surface area contributed by atoms with Crippen LogP contribution in [-0.4, -0.2) is 6.61 Å². The fourth-order valence-electron chi connectivity index (χ4n) is 1.56. The molecule has 1 rings (SSSR count). The summed E-state index contributed by atoms with van der Waals surface area (Å²) in [6.45, 7) is 7.03. The smallest absolute Gasteiger partial charge is 0.119 e. The Labute approximate surface area is 92.4 Å². The average Bonchev–Trinajstić information content (AvgIpc) is 2.28. The third-order valence-electron chi connectivity index (χ3n) is 2.81. The summed E-state index contributed by atoms with van der Waals surface area (Å²) in [5.41, 5.74) is 7.32. The largest absolute Gasteiger partial charge is 0.494 e. The maximum absolute atomic E-state index is 6.16. The lowest BCUT2D eigenvalue weighted by atomic mass is 9.93. The molecule has 1 unspecified atom stereocenters. The van der Waals surface area contributed by atoms with Crippen molar-refractivity contribution in [3.05, 3.63) is 29.8 Å². The Morgan fingerprint density at radius 2 is 2.07 bits per heavy atom. The molecule has 0 amide bonds. The topological polar surface area (TPSA) is 35.2 Å². The molecule has 0 spiro atoms. The summed E-state index contributed by atoms with van der Waals surface area (Å²) in [5.74, 6) is 1.41. The van der Waals surface area contributed by atoms with Crippen LogP contribution in [0.4, 0.5) is 0 Å². The van der Waals surface area contributed by atoms with Gasteiger partial charge in [-0.3, -0.25) is 0 Å². The molecule has 0 aliphatic carbocycles. The number of hydrogen-bond acceptors (Lipinski definition) is 2. The second-order valence-corrected chi connectivity index (χ2v) is 3.92. The molecule has 0 aromatic heterocycles. The molecule has 84 valence electrons. The Balaban J connectivity index is 2.80. The first-order valence-corrected chi connectivity index (χ1v) is 5.67. The standard InChI is InChI=1S/C13H21NO/c1-4-10(3)13(14)11-7-6-8-12(9-11)15-5-2/h6-10,13H,4-5,14H2,1-3H3/t10?,13-/m0/s1. The van der Waals surface area contributed by atoms with Crippen LogP contribution in [0.1, 0.15) is 38.8 Å². The molecule has 0 aliphatic rings. The highest BCUT2D eigenvalue weighted by molar-refractivity contribution is 5.30. The average molecular weight is 207 g/mol. The van der Waals surface area contributed by atoms with Crippen LogP contribution in [0.3, 0.4) is 0 Å². The van der Waals surface area contributed by atoms with Gasteiger partial charge in [0.25, 0.3) is 0 Å². The van der Waals surface area contributed by atoms with Crippen molar-refractivity contribution >= 4 is 0 Å². The first kappa shape index (κ1) is 12.1. The zero-order valence-corrected chi connectivity index (χ0v) is 9.86. The van der Waals surface area contributed by atoms with Crippen LogP contribution in [0.15, 0.2) is 24.3 Å². The summed E-state index contributed by atoms with van der Waals surface area (Å²) in [7, 11) is 0. The second kappa shape index (κ2) is 5.76. The quantitative estimate of drug-likeness (QED) is 0.805. The van der Waals surface area contributed by atoms with E-state index in [0.29, 0.717) is 12.5 Å². The van der Waals surface area contributed by atoms with Crippen molar-refractivity contribution in [3.8, 4) is 5.75 Å². The molecule has 2 heteroatoms. The van der Waals surface area contributed by atoms with Crippen molar-refractivity contribution in [3.63, 3.8) is 0 Å². The van der Waals surface area contributed by atoms with Gasteiger partial charge in [0.2, 0.25) is 0 Å². The fourth-order valence-corrected chi connectivity index (χ4v) is 1.56. The third kappa shape index (κ3) is 3.24. The molecule has 15 heavy (non-hydrogen) atoms. The van der Waals surface area contributed by atoms with Crippen LogP contribution < -0.4 is 10.5 Å². The minimum absolute atomic E-state index is 0.107. The Morgan fingerprint density at radius 1 is 1.33 bits per heavy atom. The van der Waals surface area contributed by atoms with E-state index in [2.05, 4.69) is 19.9 Å². The lowest BCUT2D eigenvalue weighted by Gasteiger charge is -2.19. The molecule has 0 saturated heterocycles. The highest BCUT2D eigenvalue weighted by Crippen LogP contribution is 2.24. The molecule has 0 aliphatic heterocycles. The van der Waals surface area contributed by atoms with E-state index in [4.69, 9.17) is 10.5 Å². The van der Waals surface area contributed by atoms with Gasteiger partial charge in [-0.05, 0) is 30.5 Å². The molecule has 0 saturated carbocycles. The van der Waals surface area contributed by atoms with Crippen molar-refractivity contribution in [2.75, 3.05) is 6.61 Å². The lowest BCUT2D eigenvalue weighted by molar-refractivity contribution is 0.339. The summed E-state index contributed by atoms with van der Waals surface area (Å²) >= 11 is 0. The van der Waals surface area contributed by atoms with Gasteiger partial charge in [-0.2, -0.15) is 0 Å². The fraction of sp³-hybridized carbons (Fsp3) is 0.538. The van der Waals surface area contributed by atoms with E-state index in [1.54, 1.807) is 0 Å². The molecular weight excluding hydrogens is 186 g/mol. The summed E-state index contributed by atoms with van der Waals surface area (Å²) in [5, 5.41) is 0. The first-order chi connectivity index (χ1) is 7.19. The molecule has 0 radical (unpaired) electrons. The molecule has 0 fully saturated rings. The second-order valence-electron chi connectivity index (χ2n) is 3.92. The zero-order chi connectivity index (χ0) is 11.3. The predicted molar refractivity (Wildman–Crippen MR) is 64.0 cm³/mol. The van der Waals surface area contributed by atoms with Crippen molar-refractivity contribution in [2.45, 2.75) is 33.2 Å². The van der Waals surface area contributed by atoms with Crippen LogP contribution >= 0.6 is 0 Å². The van der Waals surface area contributed by atoms with Gasteiger partial charge >= 0.3 is 0 Å². The van der Waals surface area contributed by atoms with E-state index >= 15 is 0 Å². The van der Waals surface area contributed by atoms with Gasteiger partial charge in [0.15, 0.2) is 0 Å². The first-order valence-electron chi connectivity index (χ1n) is 5.67.